The fourth-order valence-electron chi connectivity index (χ4n) is 23.3. The summed E-state index contributed by atoms with van der Waals surface area (Å²) in [5, 5.41) is 22.8. The van der Waals surface area contributed by atoms with Gasteiger partial charge in [-0.25, -0.2) is 0 Å². The highest BCUT2D eigenvalue weighted by Gasteiger charge is 2.26. The zero-order valence-corrected chi connectivity index (χ0v) is 81.8. The van der Waals surface area contributed by atoms with E-state index in [1.807, 2.05) is 0 Å². The summed E-state index contributed by atoms with van der Waals surface area (Å²) < 4.78 is 0. The largest absolute Gasteiger partial charge is 0.0622 e. The first-order chi connectivity index (χ1) is 68.4. The summed E-state index contributed by atoms with van der Waals surface area (Å²) >= 11 is 0. The van der Waals surface area contributed by atoms with Crippen molar-refractivity contribution in [3.63, 3.8) is 0 Å². The van der Waals surface area contributed by atoms with Crippen molar-refractivity contribution in [1.82, 2.24) is 0 Å². The van der Waals surface area contributed by atoms with Crippen LogP contribution in [0.25, 0.3) is 242 Å². The normalized spacial score (nSPS) is 11.6. The van der Waals surface area contributed by atoms with E-state index < -0.39 is 0 Å². The Morgan fingerprint density at radius 3 is 1.04 bits per heavy atom. The molecule has 0 heterocycles. The Bertz CT molecular complexity index is 8940. The molecular formula is C140H110. The van der Waals surface area contributed by atoms with E-state index in [0.717, 1.165) is 18.4 Å². The smallest absolute Gasteiger partial charge is 0.00201 e. The van der Waals surface area contributed by atoms with Crippen LogP contribution in [0.5, 0.6) is 0 Å². The Morgan fingerprint density at radius 1 is 0.136 bits per heavy atom. The van der Waals surface area contributed by atoms with Gasteiger partial charge in [0.2, 0.25) is 0 Å². The summed E-state index contributed by atoms with van der Waals surface area (Å²) in [7, 11) is 0. The Balaban J connectivity index is 0.000000163. The van der Waals surface area contributed by atoms with Crippen molar-refractivity contribution >= 4 is 97.0 Å². The summed E-state index contributed by atoms with van der Waals surface area (Å²) in [6.07, 6.45) is 2.04. The fourth-order valence-corrected chi connectivity index (χ4v) is 23.3. The minimum atomic E-state index is 1.01. The third kappa shape index (κ3) is 16.1. The second-order valence-corrected chi connectivity index (χ2v) is 39.3. The van der Waals surface area contributed by atoms with Crippen LogP contribution >= 0.6 is 0 Å². The zero-order valence-electron chi connectivity index (χ0n) is 81.8. The Hall–Kier alpha value is -16.4. The molecule has 0 bridgehead atoms. The number of rotatable bonds is 15. The van der Waals surface area contributed by atoms with Crippen molar-refractivity contribution < 1.29 is 0 Å². The van der Waals surface area contributed by atoms with Gasteiger partial charge in [0.1, 0.15) is 0 Å². The van der Waals surface area contributed by atoms with Gasteiger partial charge in [-0.05, 0) is 453 Å². The fraction of sp³-hybridized carbons (Fsp3) is 0.100. The molecule has 0 spiro atoms. The molecule has 0 aliphatic rings. The van der Waals surface area contributed by atoms with Gasteiger partial charge in [0.15, 0.2) is 0 Å². The summed E-state index contributed by atoms with van der Waals surface area (Å²) in [6, 6.07) is 161. The molecule has 24 aromatic rings. The molecule has 0 heteroatoms. The lowest BCUT2D eigenvalue weighted by Gasteiger charge is -2.23. The molecule has 0 aliphatic carbocycles. The number of benzene rings is 24. The maximum absolute atomic E-state index is 2.46. The van der Waals surface area contributed by atoms with Gasteiger partial charge in [-0.2, -0.15) is 0 Å². The molecule has 0 saturated heterocycles. The lowest BCUT2D eigenvalue weighted by molar-refractivity contribution is 1.14. The van der Waals surface area contributed by atoms with Crippen LogP contribution in [0.15, 0.2) is 425 Å². The highest BCUT2D eigenvalue weighted by molar-refractivity contribution is 6.27. The molecule has 0 aromatic heterocycles. The van der Waals surface area contributed by atoms with Crippen LogP contribution in [0.3, 0.4) is 0 Å². The summed E-state index contributed by atoms with van der Waals surface area (Å²) in [5.41, 5.74) is 47.7. The van der Waals surface area contributed by atoms with E-state index in [4.69, 9.17) is 0 Å². The molecule has 0 amide bonds. The third-order valence-electron chi connectivity index (χ3n) is 29.9. The molecule has 140 heavy (non-hydrogen) atoms. The molecule has 670 valence electrons. The molecule has 24 rings (SSSR count). The first-order valence-corrected chi connectivity index (χ1v) is 49.7. The van der Waals surface area contributed by atoms with E-state index in [0.29, 0.717) is 0 Å². The quantitative estimate of drug-likeness (QED) is 0.0709. The van der Waals surface area contributed by atoms with Crippen molar-refractivity contribution in [2.24, 2.45) is 0 Å². The van der Waals surface area contributed by atoms with Crippen LogP contribution in [-0.4, -0.2) is 0 Å². The first kappa shape index (κ1) is 87.7. The van der Waals surface area contributed by atoms with Crippen molar-refractivity contribution in [3.8, 4) is 145 Å². The van der Waals surface area contributed by atoms with E-state index in [9.17, 15) is 0 Å². The standard InChI is InChI=1S/C80H60.C60H50/c1-49-35-51(3)77(52(4)36-49)61-25-16-22-57(39-61)64-43-65(58-23-17-26-62(40-58)78-53(5)37-50(2)38-54(78)6)45-66(44-64)67-42-63(55-19-8-7-9-20-55)46-68(47-67)79-70-28-12-14-30-72(70)80(73-31-15-13-29-71(73)79)74-32-18-24-59-41-60-34-33-56-21-10-11-27-69(56)75(60)48-76(59)74;1-7-41-19-21-43(22-20-41)48-33-49(46-14-11-12-42(8-2)32-46)35-50(34-48)51-29-18-39(5)58(40(51)6)60-54-28-17-37(3)30-56(54)59(53-27-16-38(4)31-57(53)60)47-26-25-45-24-23-44-13-9-10-15-52(44)55(45)36-47/h7-48H,1-6H3;9-36H,7-8H2,1-6H3. The van der Waals surface area contributed by atoms with Gasteiger partial charge < -0.3 is 0 Å². The topological polar surface area (TPSA) is 0 Å². The van der Waals surface area contributed by atoms with E-state index in [1.165, 1.54) is 303 Å². The monoisotopic (exact) mass is 1790 g/mol. The van der Waals surface area contributed by atoms with Gasteiger partial charge in [-0.1, -0.05) is 376 Å². The summed E-state index contributed by atoms with van der Waals surface area (Å²) in [5.74, 6) is 0. The van der Waals surface area contributed by atoms with Gasteiger partial charge in [-0.15, -0.1) is 0 Å². The molecule has 0 N–H and O–H groups in total. The molecule has 0 radical (unpaired) electrons. The molecule has 0 fully saturated rings. The highest BCUT2D eigenvalue weighted by Crippen LogP contribution is 2.53. The van der Waals surface area contributed by atoms with Gasteiger partial charge in [0.05, 0.1) is 0 Å². The Kier molecular flexibility index (Phi) is 22.7. The van der Waals surface area contributed by atoms with Crippen molar-refractivity contribution in [2.45, 2.75) is 95.9 Å². The van der Waals surface area contributed by atoms with Gasteiger partial charge >= 0.3 is 0 Å². The maximum atomic E-state index is 2.46. The van der Waals surface area contributed by atoms with E-state index >= 15 is 0 Å². The average Bonchev–Trinajstić information content (AvgIpc) is 0.722. The van der Waals surface area contributed by atoms with Crippen LogP contribution in [0.4, 0.5) is 0 Å². The summed E-state index contributed by atoms with van der Waals surface area (Å²) in [4.78, 5) is 0. The average molecular weight is 1790 g/mol. The predicted octanol–water partition coefficient (Wildman–Crippen LogP) is 39.6. The number of hydrogen-bond donors (Lipinski definition) is 0. The second kappa shape index (κ2) is 36.3. The lowest BCUT2D eigenvalue weighted by atomic mass is 9.81. The minimum absolute atomic E-state index is 1.01. The van der Waals surface area contributed by atoms with E-state index in [-0.39, 0.29) is 0 Å². The lowest BCUT2D eigenvalue weighted by Crippen LogP contribution is -1.97. The molecule has 0 saturated carbocycles. The van der Waals surface area contributed by atoms with Crippen LogP contribution < -0.4 is 0 Å². The van der Waals surface area contributed by atoms with Crippen molar-refractivity contribution in [2.75, 3.05) is 0 Å². The number of aryl methyl sites for hydroxylation is 11. The predicted molar refractivity (Wildman–Crippen MR) is 607 cm³/mol. The van der Waals surface area contributed by atoms with Crippen molar-refractivity contribution in [1.29, 1.82) is 0 Å². The van der Waals surface area contributed by atoms with Gasteiger partial charge in [0, 0.05) is 0 Å². The molecule has 0 atom stereocenters. The first-order valence-electron chi connectivity index (χ1n) is 49.7. The number of fused-ring (bicyclic) bond motifs is 11. The van der Waals surface area contributed by atoms with Crippen molar-refractivity contribution in [3.05, 3.63) is 491 Å². The molecule has 0 aliphatic heterocycles. The van der Waals surface area contributed by atoms with Crippen LogP contribution in [0.1, 0.15) is 80.6 Å². The van der Waals surface area contributed by atoms with Crippen LogP contribution in [0, 0.1) is 69.2 Å². The third-order valence-corrected chi connectivity index (χ3v) is 29.9. The maximum Gasteiger partial charge on any atom is -0.00201 e. The SMILES string of the molecule is CCc1ccc(-c2cc(-c3cccc(CC)c3)cc(-c3ccc(C)c(-c4c5ccc(C)cc5c(-c5ccc6ccc7ccccc7c6c5)c5ccc(C)cc45)c3C)c2)cc1.Cc1cc(C)c(-c2cccc(-c3cc(-c4cccc(-c5c(C)cc(C)cc5C)c4)cc(-c4cc(-c5ccccc5)cc(-c5c6ccccc6c(-c6cccc7cc8ccc9ccccc9c8cc67)c6ccccc56)c4)c3)c2)c(C)c1. The van der Waals surface area contributed by atoms with Gasteiger partial charge in [0.25, 0.3) is 0 Å². The van der Waals surface area contributed by atoms with E-state index in [2.05, 4.69) is 508 Å². The highest BCUT2D eigenvalue weighted by atomic mass is 14.3. The Labute approximate surface area is 822 Å². The van der Waals surface area contributed by atoms with Gasteiger partial charge in [-0.3, -0.25) is 0 Å². The minimum Gasteiger partial charge on any atom is -0.0622 e. The van der Waals surface area contributed by atoms with Crippen LogP contribution in [-0.2, 0) is 12.8 Å². The number of hydrogen-bond acceptors (Lipinski definition) is 0. The van der Waals surface area contributed by atoms with E-state index in [1.54, 1.807) is 0 Å². The van der Waals surface area contributed by atoms with Crippen LogP contribution in [0.2, 0.25) is 0 Å². The molecule has 24 aromatic carbocycles. The molecule has 0 unspecified atom stereocenters. The molecular weight excluding hydrogens is 1680 g/mol. The zero-order chi connectivity index (χ0) is 95.2. The molecule has 0 nitrogen and oxygen atoms in total. The summed E-state index contributed by atoms with van der Waals surface area (Å²) in [6.45, 7) is 26.9. The second-order valence-electron chi connectivity index (χ2n) is 39.3. The Morgan fingerprint density at radius 2 is 0.493 bits per heavy atom.